The minimum atomic E-state index is -1.25. The fraction of sp³-hybridized carbons (Fsp3) is 0.778. The largest absolute Gasteiger partial charge is 0.394 e. The van der Waals surface area contributed by atoms with Gasteiger partial charge in [0.2, 0.25) is 0 Å². The lowest BCUT2D eigenvalue weighted by Crippen LogP contribution is -2.18. The van der Waals surface area contributed by atoms with Crippen molar-refractivity contribution < 1.29 is 9.84 Å². The second-order valence-corrected chi connectivity index (χ2v) is 8.55. The molecule has 0 fully saturated rings. The Balaban J connectivity index is 3.84. The minimum absolute atomic E-state index is 0.0525. The Morgan fingerprint density at radius 2 is 2.00 bits per heavy atom. The zero-order valence-corrected chi connectivity index (χ0v) is 9.35. The van der Waals surface area contributed by atoms with E-state index in [4.69, 9.17) is 9.84 Å². The molecule has 0 rings (SSSR count). The number of rotatable bonds is 3. The molecule has 0 aromatic heterocycles. The second kappa shape index (κ2) is 5.36. The predicted octanol–water partition coefficient (Wildman–Crippen LogP) is 1.26. The van der Waals surface area contributed by atoms with E-state index in [1.54, 1.807) is 7.11 Å². The molecule has 1 atom stereocenters. The van der Waals surface area contributed by atoms with Gasteiger partial charge in [-0.15, -0.1) is 11.5 Å². The van der Waals surface area contributed by atoms with Crippen LogP contribution in [0.4, 0.5) is 0 Å². The van der Waals surface area contributed by atoms with E-state index in [9.17, 15) is 0 Å². The molecule has 3 heteroatoms. The van der Waals surface area contributed by atoms with Gasteiger partial charge in [0.25, 0.3) is 0 Å². The first-order valence-electron chi connectivity index (χ1n) is 4.13. The van der Waals surface area contributed by atoms with E-state index in [1.807, 2.05) is 0 Å². The van der Waals surface area contributed by atoms with Crippen LogP contribution in [0.2, 0.25) is 19.6 Å². The average molecular weight is 186 g/mol. The van der Waals surface area contributed by atoms with Crippen LogP contribution in [-0.2, 0) is 4.74 Å². The molecule has 0 spiro atoms. The minimum Gasteiger partial charge on any atom is -0.394 e. The molecule has 0 aliphatic carbocycles. The van der Waals surface area contributed by atoms with Crippen molar-refractivity contribution in [2.75, 3.05) is 13.7 Å². The Morgan fingerprint density at radius 1 is 1.42 bits per heavy atom. The Kier molecular flexibility index (Phi) is 5.23. The van der Waals surface area contributed by atoms with Gasteiger partial charge in [-0.2, -0.15) is 0 Å². The Bertz CT molecular complexity index is 169. The lowest BCUT2D eigenvalue weighted by Gasteiger charge is -2.08. The molecular formula is C9H18O2Si. The zero-order valence-electron chi connectivity index (χ0n) is 8.35. The van der Waals surface area contributed by atoms with Gasteiger partial charge >= 0.3 is 0 Å². The van der Waals surface area contributed by atoms with Crippen molar-refractivity contribution >= 4 is 8.07 Å². The van der Waals surface area contributed by atoms with Gasteiger partial charge in [-0.3, -0.25) is 0 Å². The molecule has 0 radical (unpaired) electrons. The van der Waals surface area contributed by atoms with E-state index in [2.05, 4.69) is 31.1 Å². The second-order valence-electron chi connectivity index (χ2n) is 3.80. The third-order valence-corrected chi connectivity index (χ3v) is 2.26. The fourth-order valence-corrected chi connectivity index (χ4v) is 1.28. The standard InChI is InChI=1S/C9H18O2Si/c1-11-9(8-10)6-5-7-12(2,3)4/h9-10H,6,8H2,1-4H3/t9-/m1/s1. The highest BCUT2D eigenvalue weighted by Gasteiger charge is 2.08. The first-order valence-corrected chi connectivity index (χ1v) is 7.63. The highest BCUT2D eigenvalue weighted by molar-refractivity contribution is 6.83. The van der Waals surface area contributed by atoms with Crippen molar-refractivity contribution in [2.45, 2.75) is 32.2 Å². The maximum atomic E-state index is 8.77. The lowest BCUT2D eigenvalue weighted by molar-refractivity contribution is 0.0528. The number of hydrogen-bond donors (Lipinski definition) is 1. The van der Waals surface area contributed by atoms with Gasteiger partial charge < -0.3 is 9.84 Å². The fourth-order valence-electron chi connectivity index (χ4n) is 0.652. The van der Waals surface area contributed by atoms with Crippen LogP contribution >= 0.6 is 0 Å². The highest BCUT2D eigenvalue weighted by atomic mass is 28.3. The smallest absolute Gasteiger partial charge is 0.129 e. The number of ether oxygens (including phenoxy) is 1. The molecule has 0 aromatic rings. The van der Waals surface area contributed by atoms with Gasteiger partial charge in [0.1, 0.15) is 8.07 Å². The van der Waals surface area contributed by atoms with Gasteiger partial charge in [0.15, 0.2) is 0 Å². The van der Waals surface area contributed by atoms with E-state index >= 15 is 0 Å². The molecule has 0 saturated carbocycles. The number of aliphatic hydroxyl groups excluding tert-OH is 1. The quantitative estimate of drug-likeness (QED) is 0.531. The number of aliphatic hydroxyl groups is 1. The van der Waals surface area contributed by atoms with Gasteiger partial charge in [0.05, 0.1) is 12.7 Å². The molecule has 0 bridgehead atoms. The van der Waals surface area contributed by atoms with Crippen molar-refractivity contribution in [2.24, 2.45) is 0 Å². The SMILES string of the molecule is CO[C@@H](CO)CC#C[Si](C)(C)C. The molecule has 0 aliphatic heterocycles. The summed E-state index contributed by atoms with van der Waals surface area (Å²) in [5, 5.41) is 8.77. The molecule has 0 amide bonds. The Hall–Kier alpha value is -0.303. The highest BCUT2D eigenvalue weighted by Crippen LogP contribution is 1.98. The van der Waals surface area contributed by atoms with Crippen LogP contribution in [0.15, 0.2) is 0 Å². The third kappa shape index (κ3) is 6.41. The molecule has 70 valence electrons. The zero-order chi connectivity index (χ0) is 9.61. The van der Waals surface area contributed by atoms with Crippen molar-refractivity contribution in [3.05, 3.63) is 0 Å². The lowest BCUT2D eigenvalue weighted by atomic mass is 10.3. The summed E-state index contributed by atoms with van der Waals surface area (Å²) in [6, 6.07) is 0. The van der Waals surface area contributed by atoms with Crippen LogP contribution in [-0.4, -0.2) is 33.0 Å². The Labute approximate surface area is 75.9 Å². The summed E-state index contributed by atoms with van der Waals surface area (Å²) < 4.78 is 4.98. The summed E-state index contributed by atoms with van der Waals surface area (Å²) in [6.07, 6.45) is 0.519. The van der Waals surface area contributed by atoms with E-state index in [1.165, 1.54) is 0 Å². The van der Waals surface area contributed by atoms with Crippen LogP contribution in [0, 0.1) is 11.5 Å². The summed E-state index contributed by atoms with van der Waals surface area (Å²) in [7, 11) is 0.346. The topological polar surface area (TPSA) is 29.5 Å². The van der Waals surface area contributed by atoms with Crippen molar-refractivity contribution in [1.29, 1.82) is 0 Å². The van der Waals surface area contributed by atoms with E-state index in [0.29, 0.717) is 6.42 Å². The maximum absolute atomic E-state index is 8.77. The average Bonchev–Trinajstić information content (AvgIpc) is 1.96. The number of hydrogen-bond acceptors (Lipinski definition) is 2. The summed E-state index contributed by atoms with van der Waals surface area (Å²) in [4.78, 5) is 0. The first kappa shape index (κ1) is 11.7. The van der Waals surface area contributed by atoms with Gasteiger partial charge in [0, 0.05) is 13.5 Å². The molecule has 0 aromatic carbocycles. The molecule has 1 N–H and O–H groups in total. The van der Waals surface area contributed by atoms with Crippen LogP contribution in [0.5, 0.6) is 0 Å². The summed E-state index contributed by atoms with van der Waals surface area (Å²) >= 11 is 0. The van der Waals surface area contributed by atoms with Crippen molar-refractivity contribution in [1.82, 2.24) is 0 Å². The third-order valence-electron chi connectivity index (χ3n) is 1.33. The molecule has 12 heavy (non-hydrogen) atoms. The molecule has 0 saturated heterocycles. The van der Waals surface area contributed by atoms with Crippen molar-refractivity contribution in [3.63, 3.8) is 0 Å². The number of methoxy groups -OCH3 is 1. The van der Waals surface area contributed by atoms with Gasteiger partial charge in [-0.25, -0.2) is 0 Å². The molecule has 0 heterocycles. The Morgan fingerprint density at radius 3 is 2.33 bits per heavy atom. The van der Waals surface area contributed by atoms with E-state index < -0.39 is 8.07 Å². The molecular weight excluding hydrogens is 168 g/mol. The predicted molar refractivity (Wildman–Crippen MR) is 53.6 cm³/mol. The van der Waals surface area contributed by atoms with E-state index in [-0.39, 0.29) is 12.7 Å². The first-order chi connectivity index (χ1) is 5.49. The summed E-state index contributed by atoms with van der Waals surface area (Å²) in [5.74, 6) is 3.05. The normalized spacial score (nSPS) is 13.4. The van der Waals surface area contributed by atoms with Gasteiger partial charge in [-0.05, 0) is 0 Å². The monoisotopic (exact) mass is 186 g/mol. The summed E-state index contributed by atoms with van der Waals surface area (Å²) in [6.45, 7) is 6.64. The van der Waals surface area contributed by atoms with Crippen LogP contribution in [0.25, 0.3) is 0 Å². The maximum Gasteiger partial charge on any atom is 0.129 e. The van der Waals surface area contributed by atoms with E-state index in [0.717, 1.165) is 0 Å². The summed E-state index contributed by atoms with van der Waals surface area (Å²) in [5.41, 5.74) is 3.22. The molecule has 2 nitrogen and oxygen atoms in total. The van der Waals surface area contributed by atoms with Crippen LogP contribution in [0.1, 0.15) is 6.42 Å². The van der Waals surface area contributed by atoms with Crippen LogP contribution in [0.3, 0.4) is 0 Å². The van der Waals surface area contributed by atoms with Gasteiger partial charge in [-0.1, -0.05) is 19.6 Å². The molecule has 0 unspecified atom stereocenters. The van der Waals surface area contributed by atoms with Crippen molar-refractivity contribution in [3.8, 4) is 11.5 Å². The molecule has 0 aliphatic rings. The van der Waals surface area contributed by atoms with Crippen LogP contribution < -0.4 is 0 Å².